The van der Waals surface area contributed by atoms with Crippen molar-refractivity contribution in [1.29, 1.82) is 0 Å². The molecule has 0 aromatic carbocycles. The maximum atomic E-state index is 11.6. The Morgan fingerprint density at radius 1 is 1.38 bits per heavy atom. The summed E-state index contributed by atoms with van der Waals surface area (Å²) in [5.41, 5.74) is -0.182. The molecule has 0 aromatic rings. The fourth-order valence-corrected chi connectivity index (χ4v) is 2.64. The molecule has 2 saturated heterocycles. The van der Waals surface area contributed by atoms with Crippen LogP contribution in [0.2, 0.25) is 0 Å². The summed E-state index contributed by atoms with van der Waals surface area (Å²) in [4.78, 5) is 15.8. The summed E-state index contributed by atoms with van der Waals surface area (Å²) in [7, 11) is 0. The summed E-state index contributed by atoms with van der Waals surface area (Å²) < 4.78 is 5.58. The number of piperidine rings is 1. The first kappa shape index (κ1) is 11.7. The van der Waals surface area contributed by atoms with Gasteiger partial charge in [-0.1, -0.05) is 0 Å². The highest BCUT2D eigenvalue weighted by Gasteiger charge is 2.46. The molecule has 0 unspecified atom stereocenters. The lowest BCUT2D eigenvalue weighted by Gasteiger charge is -2.39. The van der Waals surface area contributed by atoms with E-state index in [9.17, 15) is 4.79 Å². The van der Waals surface area contributed by atoms with Crippen LogP contribution in [0, 0.1) is 0 Å². The Hall–Kier alpha value is -0.770. The molecule has 4 nitrogen and oxygen atoms in total. The fourth-order valence-electron chi connectivity index (χ4n) is 2.64. The summed E-state index contributed by atoms with van der Waals surface area (Å²) >= 11 is 0. The predicted octanol–water partition coefficient (Wildman–Crippen LogP) is 1.70. The van der Waals surface area contributed by atoms with E-state index in [1.54, 1.807) is 0 Å². The van der Waals surface area contributed by atoms with Crippen LogP contribution in [0.1, 0.15) is 33.6 Å². The molecule has 0 aromatic heterocycles. The second-order valence-electron chi connectivity index (χ2n) is 5.19. The van der Waals surface area contributed by atoms with Crippen LogP contribution in [-0.4, -0.2) is 53.7 Å². The van der Waals surface area contributed by atoms with E-state index < -0.39 is 0 Å². The smallest absolute Gasteiger partial charge is 0.410 e. The quantitative estimate of drug-likeness (QED) is 0.718. The second kappa shape index (κ2) is 4.24. The van der Waals surface area contributed by atoms with Gasteiger partial charge in [0, 0.05) is 38.5 Å². The number of nitrogens with zero attached hydrogens (tertiary/aromatic N) is 2. The molecular formula is C12H22N2O2. The molecular weight excluding hydrogens is 204 g/mol. The van der Waals surface area contributed by atoms with Crippen molar-refractivity contribution in [3.05, 3.63) is 0 Å². The van der Waals surface area contributed by atoms with E-state index in [1.165, 1.54) is 0 Å². The highest BCUT2D eigenvalue weighted by Crippen LogP contribution is 2.33. The van der Waals surface area contributed by atoms with E-state index in [4.69, 9.17) is 4.74 Å². The predicted molar refractivity (Wildman–Crippen MR) is 62.4 cm³/mol. The van der Waals surface area contributed by atoms with E-state index in [2.05, 4.69) is 18.7 Å². The van der Waals surface area contributed by atoms with Crippen molar-refractivity contribution in [2.75, 3.05) is 26.2 Å². The van der Waals surface area contributed by atoms with E-state index in [0.717, 1.165) is 39.0 Å². The van der Waals surface area contributed by atoms with E-state index >= 15 is 0 Å². The van der Waals surface area contributed by atoms with Gasteiger partial charge in [0.1, 0.15) is 5.60 Å². The molecule has 0 N–H and O–H groups in total. The third-order valence-electron chi connectivity index (χ3n) is 3.86. The maximum absolute atomic E-state index is 11.6. The Bertz CT molecular complexity index is 270. The summed E-state index contributed by atoms with van der Waals surface area (Å²) in [6, 6.07) is 0.594. The lowest BCUT2D eigenvalue weighted by atomic mass is 9.91. The minimum atomic E-state index is -0.182. The average Bonchev–Trinajstić information content (AvgIpc) is 2.55. The number of likely N-dealkylation sites (N-methyl/N-ethyl adjacent to an activating group) is 1. The highest BCUT2D eigenvalue weighted by molar-refractivity contribution is 5.70. The highest BCUT2D eigenvalue weighted by atomic mass is 16.6. The number of hydrogen-bond acceptors (Lipinski definition) is 3. The van der Waals surface area contributed by atoms with Crippen LogP contribution in [0.3, 0.4) is 0 Å². The Morgan fingerprint density at radius 3 is 2.44 bits per heavy atom. The Kier molecular flexibility index (Phi) is 3.10. The van der Waals surface area contributed by atoms with Gasteiger partial charge in [-0.25, -0.2) is 4.79 Å². The molecule has 2 aliphatic rings. The van der Waals surface area contributed by atoms with Crippen molar-refractivity contribution in [3.63, 3.8) is 0 Å². The monoisotopic (exact) mass is 226 g/mol. The Morgan fingerprint density at radius 2 is 2.00 bits per heavy atom. The van der Waals surface area contributed by atoms with Gasteiger partial charge in [0.05, 0.1) is 6.54 Å². The minimum absolute atomic E-state index is 0.125. The van der Waals surface area contributed by atoms with E-state index in [0.29, 0.717) is 6.04 Å². The molecule has 92 valence electrons. The molecule has 16 heavy (non-hydrogen) atoms. The van der Waals surface area contributed by atoms with Gasteiger partial charge in [-0.2, -0.15) is 0 Å². The maximum Gasteiger partial charge on any atom is 0.410 e. The molecule has 0 bridgehead atoms. The number of amides is 1. The lowest BCUT2D eigenvalue weighted by molar-refractivity contribution is -0.00634. The molecule has 2 aliphatic heterocycles. The number of ether oxygens (including phenoxy) is 1. The van der Waals surface area contributed by atoms with Crippen molar-refractivity contribution in [2.24, 2.45) is 0 Å². The van der Waals surface area contributed by atoms with Gasteiger partial charge in [0.25, 0.3) is 0 Å². The van der Waals surface area contributed by atoms with Crippen LogP contribution in [-0.2, 0) is 4.74 Å². The van der Waals surface area contributed by atoms with Crippen LogP contribution in [0.25, 0.3) is 0 Å². The van der Waals surface area contributed by atoms with Gasteiger partial charge < -0.3 is 14.5 Å². The first-order chi connectivity index (χ1) is 7.56. The molecule has 0 aliphatic carbocycles. The third-order valence-corrected chi connectivity index (χ3v) is 3.86. The molecule has 1 amide bonds. The van der Waals surface area contributed by atoms with Gasteiger partial charge in [-0.05, 0) is 20.8 Å². The SMILES string of the molecule is CCN1CC2(CCN(C(C)C)CC2)OC1=O. The Balaban J connectivity index is 1.96. The first-order valence-corrected chi connectivity index (χ1v) is 6.28. The van der Waals surface area contributed by atoms with Gasteiger partial charge in [0.2, 0.25) is 0 Å². The third kappa shape index (κ3) is 2.03. The van der Waals surface area contributed by atoms with Crippen molar-refractivity contribution < 1.29 is 9.53 Å². The largest absolute Gasteiger partial charge is 0.441 e. The van der Waals surface area contributed by atoms with Crippen molar-refractivity contribution >= 4 is 6.09 Å². The second-order valence-corrected chi connectivity index (χ2v) is 5.19. The van der Waals surface area contributed by atoms with Crippen LogP contribution in [0.5, 0.6) is 0 Å². The summed E-state index contributed by atoms with van der Waals surface area (Å²) in [6.07, 6.45) is 1.83. The van der Waals surface area contributed by atoms with Gasteiger partial charge >= 0.3 is 6.09 Å². The standard InChI is InChI=1S/C12H22N2O2/c1-4-13-9-12(16-11(13)15)5-7-14(8-6-12)10(2)3/h10H,4-9H2,1-3H3. The molecule has 0 atom stereocenters. The lowest BCUT2D eigenvalue weighted by Crippen LogP contribution is -2.48. The minimum Gasteiger partial charge on any atom is -0.441 e. The van der Waals surface area contributed by atoms with Crippen molar-refractivity contribution in [2.45, 2.75) is 45.3 Å². The molecule has 0 saturated carbocycles. The number of likely N-dealkylation sites (tertiary alicyclic amines) is 1. The summed E-state index contributed by atoms with van der Waals surface area (Å²) in [6.45, 7) is 10.1. The first-order valence-electron chi connectivity index (χ1n) is 6.28. The van der Waals surface area contributed by atoms with Crippen molar-refractivity contribution in [1.82, 2.24) is 9.80 Å². The van der Waals surface area contributed by atoms with E-state index in [-0.39, 0.29) is 11.7 Å². The average molecular weight is 226 g/mol. The summed E-state index contributed by atoms with van der Waals surface area (Å²) in [5.74, 6) is 0. The van der Waals surface area contributed by atoms with Gasteiger partial charge in [0.15, 0.2) is 0 Å². The number of hydrogen-bond donors (Lipinski definition) is 0. The number of carbonyl (C=O) groups excluding carboxylic acids is 1. The number of carbonyl (C=O) groups is 1. The van der Waals surface area contributed by atoms with Gasteiger partial charge in [-0.3, -0.25) is 0 Å². The van der Waals surface area contributed by atoms with Crippen LogP contribution in [0.15, 0.2) is 0 Å². The molecule has 2 heterocycles. The zero-order valence-corrected chi connectivity index (χ0v) is 10.5. The molecule has 4 heteroatoms. The van der Waals surface area contributed by atoms with Crippen LogP contribution >= 0.6 is 0 Å². The summed E-state index contributed by atoms with van der Waals surface area (Å²) in [5, 5.41) is 0. The van der Waals surface area contributed by atoms with Crippen LogP contribution in [0.4, 0.5) is 4.79 Å². The van der Waals surface area contributed by atoms with Crippen LogP contribution < -0.4 is 0 Å². The van der Waals surface area contributed by atoms with Gasteiger partial charge in [-0.15, -0.1) is 0 Å². The molecule has 0 radical (unpaired) electrons. The Labute approximate surface area is 97.5 Å². The molecule has 1 spiro atoms. The fraction of sp³-hybridized carbons (Fsp3) is 0.917. The van der Waals surface area contributed by atoms with Crippen molar-refractivity contribution in [3.8, 4) is 0 Å². The number of rotatable bonds is 2. The zero-order chi connectivity index (χ0) is 11.8. The zero-order valence-electron chi connectivity index (χ0n) is 10.5. The molecule has 2 fully saturated rings. The topological polar surface area (TPSA) is 32.8 Å². The van der Waals surface area contributed by atoms with E-state index in [1.807, 2.05) is 11.8 Å². The molecule has 2 rings (SSSR count). The normalized spacial score (nSPS) is 25.5.